The third kappa shape index (κ3) is 5.49. The Morgan fingerprint density at radius 3 is 2.57 bits per heavy atom. The van der Waals surface area contributed by atoms with E-state index >= 15 is 0 Å². The minimum Gasteiger partial charge on any atom is -0.345 e. The van der Waals surface area contributed by atoms with E-state index < -0.39 is 0 Å². The minimum absolute atomic E-state index is 0.172. The molecule has 2 aromatic rings. The molecule has 2 rings (SSSR count). The maximum atomic E-state index is 12.1. The third-order valence-corrected chi connectivity index (χ3v) is 4.06. The molecule has 2 amide bonds. The maximum absolute atomic E-state index is 12.1. The van der Waals surface area contributed by atoms with Gasteiger partial charge in [0.25, 0.3) is 0 Å². The van der Waals surface area contributed by atoms with Crippen molar-refractivity contribution in [3.8, 4) is 0 Å². The van der Waals surface area contributed by atoms with Gasteiger partial charge in [-0.15, -0.1) is 0 Å². The van der Waals surface area contributed by atoms with Crippen molar-refractivity contribution in [1.29, 1.82) is 0 Å². The number of benzene rings is 1. The number of likely N-dealkylation sites (N-methyl/N-ethyl adjacent to an activating group) is 1. The molecular formula is C17H18BrN3O2. The summed E-state index contributed by atoms with van der Waals surface area (Å²) in [4.78, 5) is 29.6. The van der Waals surface area contributed by atoms with Gasteiger partial charge in [-0.1, -0.05) is 12.1 Å². The lowest BCUT2D eigenvalue weighted by Gasteiger charge is -2.17. The van der Waals surface area contributed by atoms with Crippen molar-refractivity contribution in [1.82, 2.24) is 9.88 Å². The van der Waals surface area contributed by atoms with Gasteiger partial charge in [-0.2, -0.15) is 0 Å². The van der Waals surface area contributed by atoms with E-state index in [1.165, 1.54) is 0 Å². The Balaban J connectivity index is 1.81. The lowest BCUT2D eigenvalue weighted by atomic mass is 10.2. The summed E-state index contributed by atoms with van der Waals surface area (Å²) in [5.74, 6) is -0.527. The molecule has 120 valence electrons. The summed E-state index contributed by atoms with van der Waals surface area (Å²) in [5, 5.41) is 2.73. The Bertz CT molecular complexity index is 677. The number of para-hydroxylation sites is 1. The van der Waals surface area contributed by atoms with E-state index in [1.807, 2.05) is 30.3 Å². The Kier molecular flexibility index (Phi) is 6.29. The molecule has 5 nitrogen and oxygen atoms in total. The molecule has 1 aromatic carbocycles. The van der Waals surface area contributed by atoms with Crippen molar-refractivity contribution in [2.45, 2.75) is 12.8 Å². The number of nitrogens with zero attached hydrogens (tertiary/aromatic N) is 2. The molecule has 0 radical (unpaired) electrons. The molecule has 1 heterocycles. The second kappa shape index (κ2) is 8.43. The van der Waals surface area contributed by atoms with E-state index in [1.54, 1.807) is 30.4 Å². The van der Waals surface area contributed by atoms with Crippen LogP contribution in [0.15, 0.2) is 53.3 Å². The van der Waals surface area contributed by atoms with Crippen molar-refractivity contribution in [3.05, 3.63) is 58.8 Å². The molecule has 0 aliphatic rings. The van der Waals surface area contributed by atoms with E-state index in [4.69, 9.17) is 0 Å². The summed E-state index contributed by atoms with van der Waals surface area (Å²) in [6.45, 7) is 0.561. The van der Waals surface area contributed by atoms with Crippen LogP contribution in [0, 0.1) is 0 Å². The van der Waals surface area contributed by atoms with Crippen LogP contribution in [-0.2, 0) is 16.0 Å². The van der Waals surface area contributed by atoms with Gasteiger partial charge in [0.05, 0.1) is 5.69 Å². The number of pyridine rings is 1. The number of halogens is 1. The fraction of sp³-hybridized carbons (Fsp3) is 0.235. The first-order chi connectivity index (χ1) is 11.1. The number of hydrogen-bond donors (Lipinski definition) is 1. The van der Waals surface area contributed by atoms with E-state index in [9.17, 15) is 9.59 Å². The van der Waals surface area contributed by atoms with Crippen molar-refractivity contribution in [2.24, 2.45) is 0 Å². The van der Waals surface area contributed by atoms with E-state index in [-0.39, 0.29) is 18.2 Å². The Hall–Kier alpha value is -2.21. The van der Waals surface area contributed by atoms with Gasteiger partial charge in [-0.05, 0) is 52.2 Å². The third-order valence-electron chi connectivity index (χ3n) is 3.37. The fourth-order valence-corrected chi connectivity index (χ4v) is 2.38. The highest BCUT2D eigenvalue weighted by molar-refractivity contribution is 9.10. The molecule has 6 heteroatoms. The van der Waals surface area contributed by atoms with Gasteiger partial charge >= 0.3 is 0 Å². The second-order valence-electron chi connectivity index (χ2n) is 5.13. The number of nitrogens with one attached hydrogen (secondary N) is 1. The summed E-state index contributed by atoms with van der Waals surface area (Å²) in [7, 11) is 1.70. The van der Waals surface area contributed by atoms with Crippen LogP contribution < -0.4 is 5.32 Å². The van der Waals surface area contributed by atoms with Gasteiger partial charge < -0.3 is 10.2 Å². The minimum atomic E-state index is -0.322. The highest BCUT2D eigenvalue weighted by Gasteiger charge is 2.14. The molecule has 23 heavy (non-hydrogen) atoms. The molecule has 0 fully saturated rings. The van der Waals surface area contributed by atoms with Crippen LogP contribution in [0.4, 0.5) is 5.69 Å². The molecule has 0 saturated heterocycles. The average Bonchev–Trinajstić information content (AvgIpc) is 2.55. The second-order valence-corrected chi connectivity index (χ2v) is 5.98. The Labute approximate surface area is 143 Å². The van der Waals surface area contributed by atoms with E-state index in [0.717, 1.165) is 16.5 Å². The molecule has 0 bridgehead atoms. The lowest BCUT2D eigenvalue weighted by Crippen LogP contribution is -2.32. The van der Waals surface area contributed by atoms with Crippen molar-refractivity contribution in [3.63, 3.8) is 0 Å². The molecule has 0 aliphatic carbocycles. The predicted molar refractivity (Wildman–Crippen MR) is 93.0 cm³/mol. The number of amides is 2. The maximum Gasteiger partial charge on any atom is 0.233 e. The van der Waals surface area contributed by atoms with Crippen LogP contribution in [0.25, 0.3) is 0 Å². The van der Waals surface area contributed by atoms with Gasteiger partial charge in [-0.3, -0.25) is 14.6 Å². The van der Waals surface area contributed by atoms with Crippen LogP contribution in [0.2, 0.25) is 0 Å². The number of hydrogen-bond acceptors (Lipinski definition) is 3. The van der Waals surface area contributed by atoms with Gasteiger partial charge in [0.1, 0.15) is 6.42 Å². The van der Waals surface area contributed by atoms with E-state index in [0.29, 0.717) is 12.2 Å². The van der Waals surface area contributed by atoms with Crippen LogP contribution in [0.1, 0.15) is 12.0 Å². The fourth-order valence-electron chi connectivity index (χ4n) is 2.00. The summed E-state index contributed by atoms with van der Waals surface area (Å²) >= 11 is 3.36. The van der Waals surface area contributed by atoms with Crippen molar-refractivity contribution >= 4 is 33.4 Å². The number of carbonyl (C=O) groups excluding carboxylic acids is 2. The average molecular weight is 376 g/mol. The normalized spacial score (nSPS) is 10.2. The summed E-state index contributed by atoms with van der Waals surface area (Å²) < 4.78 is 0.784. The van der Waals surface area contributed by atoms with Gasteiger partial charge in [0.2, 0.25) is 11.8 Å². The number of anilines is 1. The van der Waals surface area contributed by atoms with Gasteiger partial charge in [0.15, 0.2) is 0 Å². The molecule has 0 saturated carbocycles. The number of rotatable bonds is 6. The SMILES string of the molecule is CN(CCc1ccncc1)C(=O)CC(=O)Nc1ccccc1Br. The molecule has 0 aliphatic heterocycles. The Morgan fingerprint density at radius 1 is 1.17 bits per heavy atom. The van der Waals surface area contributed by atoms with Crippen LogP contribution in [0.3, 0.4) is 0 Å². The number of aromatic nitrogens is 1. The van der Waals surface area contributed by atoms with E-state index in [2.05, 4.69) is 26.2 Å². The zero-order chi connectivity index (χ0) is 16.7. The first-order valence-corrected chi connectivity index (χ1v) is 8.03. The highest BCUT2D eigenvalue weighted by Crippen LogP contribution is 2.21. The summed E-state index contributed by atoms with van der Waals surface area (Å²) in [6.07, 6.45) is 4.01. The highest BCUT2D eigenvalue weighted by atomic mass is 79.9. The van der Waals surface area contributed by atoms with Crippen molar-refractivity contribution < 1.29 is 9.59 Å². The first-order valence-electron chi connectivity index (χ1n) is 7.23. The summed E-state index contributed by atoms with van der Waals surface area (Å²) in [6, 6.07) is 11.1. The zero-order valence-electron chi connectivity index (χ0n) is 12.8. The van der Waals surface area contributed by atoms with Gasteiger partial charge in [0, 0.05) is 30.5 Å². The standard InChI is InChI=1S/C17H18BrN3O2/c1-21(11-8-13-6-9-19-10-7-13)17(23)12-16(22)20-15-5-3-2-4-14(15)18/h2-7,9-10H,8,11-12H2,1H3,(H,20,22). The lowest BCUT2D eigenvalue weighted by molar-refractivity contribution is -0.133. The topological polar surface area (TPSA) is 62.3 Å². The van der Waals surface area contributed by atoms with Crippen LogP contribution >= 0.6 is 15.9 Å². The molecule has 0 spiro atoms. The molecular weight excluding hydrogens is 358 g/mol. The summed E-state index contributed by atoms with van der Waals surface area (Å²) in [5.41, 5.74) is 1.77. The quantitative estimate of drug-likeness (QED) is 0.789. The molecule has 0 unspecified atom stereocenters. The largest absolute Gasteiger partial charge is 0.345 e. The number of carbonyl (C=O) groups is 2. The van der Waals surface area contributed by atoms with Gasteiger partial charge in [-0.25, -0.2) is 0 Å². The molecule has 0 atom stereocenters. The smallest absolute Gasteiger partial charge is 0.233 e. The van der Waals surface area contributed by atoms with Crippen LogP contribution in [0.5, 0.6) is 0 Å². The first kappa shape index (κ1) is 17.1. The molecule has 1 N–H and O–H groups in total. The van der Waals surface area contributed by atoms with Crippen molar-refractivity contribution in [2.75, 3.05) is 18.9 Å². The van der Waals surface area contributed by atoms with Crippen LogP contribution in [-0.4, -0.2) is 35.3 Å². The monoisotopic (exact) mass is 375 g/mol. The zero-order valence-corrected chi connectivity index (χ0v) is 14.4. The molecule has 1 aromatic heterocycles. The Morgan fingerprint density at radius 2 is 1.87 bits per heavy atom. The predicted octanol–water partition coefficient (Wildman–Crippen LogP) is 2.87.